The van der Waals surface area contributed by atoms with Crippen LogP contribution in [-0.2, 0) is 0 Å². The van der Waals surface area contributed by atoms with E-state index >= 15 is 0 Å². The summed E-state index contributed by atoms with van der Waals surface area (Å²) in [6, 6.07) is 3.33. The van der Waals surface area contributed by atoms with Crippen molar-refractivity contribution >= 4 is 17.2 Å². The third-order valence-corrected chi connectivity index (χ3v) is 4.68. The van der Waals surface area contributed by atoms with Gasteiger partial charge in [-0.1, -0.05) is 11.3 Å². The molecule has 7 nitrogen and oxygen atoms in total. The van der Waals surface area contributed by atoms with Crippen LogP contribution in [0.3, 0.4) is 0 Å². The minimum Gasteiger partial charge on any atom is -0.493 e. The number of hydrogen-bond donors (Lipinski definition) is 0. The number of carbonyl (C=O) groups excluding carboxylic acids is 1. The van der Waals surface area contributed by atoms with Crippen molar-refractivity contribution in [2.75, 3.05) is 34.4 Å². The van der Waals surface area contributed by atoms with E-state index in [1.165, 1.54) is 32.7 Å². The lowest BCUT2D eigenvalue weighted by Gasteiger charge is -2.19. The van der Waals surface area contributed by atoms with Crippen molar-refractivity contribution in [3.05, 3.63) is 29.3 Å². The van der Waals surface area contributed by atoms with Crippen LogP contribution in [0.5, 0.6) is 22.4 Å². The number of amides is 1. The number of rotatable bonds is 6. The summed E-state index contributed by atoms with van der Waals surface area (Å²) in [7, 11) is 4.58. The molecule has 0 spiro atoms. The molecule has 2 aromatic rings. The largest absolute Gasteiger partial charge is 0.493 e. The van der Waals surface area contributed by atoms with Crippen LogP contribution in [0.1, 0.15) is 16.8 Å². The average molecular weight is 364 g/mol. The number of aromatic nitrogens is 1. The zero-order valence-corrected chi connectivity index (χ0v) is 15.2. The lowest BCUT2D eigenvalue weighted by atomic mass is 10.1. The summed E-state index contributed by atoms with van der Waals surface area (Å²) in [5.41, 5.74) is 0.490. The molecule has 1 aliphatic rings. The van der Waals surface area contributed by atoms with Gasteiger partial charge in [0.2, 0.25) is 5.75 Å². The van der Waals surface area contributed by atoms with Gasteiger partial charge in [0.15, 0.2) is 11.5 Å². The summed E-state index contributed by atoms with van der Waals surface area (Å²) >= 11 is 1.45. The van der Waals surface area contributed by atoms with Crippen molar-refractivity contribution in [1.82, 2.24) is 9.88 Å². The van der Waals surface area contributed by atoms with Gasteiger partial charge < -0.3 is 23.8 Å². The Bertz CT molecular complexity index is 710. The fourth-order valence-electron chi connectivity index (χ4n) is 2.81. The molecule has 25 heavy (non-hydrogen) atoms. The highest BCUT2D eigenvalue weighted by Gasteiger charge is 2.30. The molecule has 1 saturated heterocycles. The maximum atomic E-state index is 12.8. The fourth-order valence-corrected chi connectivity index (χ4v) is 3.36. The van der Waals surface area contributed by atoms with Gasteiger partial charge in [-0.2, -0.15) is 0 Å². The maximum absolute atomic E-state index is 12.8. The van der Waals surface area contributed by atoms with E-state index in [4.69, 9.17) is 18.9 Å². The molecule has 1 aliphatic heterocycles. The van der Waals surface area contributed by atoms with Gasteiger partial charge in [0.1, 0.15) is 6.10 Å². The van der Waals surface area contributed by atoms with Crippen LogP contribution in [-0.4, -0.2) is 56.3 Å². The summed E-state index contributed by atoms with van der Waals surface area (Å²) in [5, 5.41) is 2.50. The fraction of sp³-hybridized carbons (Fsp3) is 0.412. The van der Waals surface area contributed by atoms with Gasteiger partial charge in [0.25, 0.3) is 11.1 Å². The highest BCUT2D eigenvalue weighted by atomic mass is 32.1. The standard InChI is InChI=1S/C17H20N2O5S/c1-21-13-8-11(9-14(22-2)15(13)23-3)16(20)19-6-4-12(10-19)24-17-18-5-7-25-17/h5,7-9,12H,4,6,10H2,1-3H3. The summed E-state index contributed by atoms with van der Waals surface area (Å²) in [6.07, 6.45) is 2.43. The second-order valence-corrected chi connectivity index (χ2v) is 6.35. The van der Waals surface area contributed by atoms with Crippen molar-refractivity contribution < 1.29 is 23.7 Å². The zero-order chi connectivity index (χ0) is 17.8. The number of likely N-dealkylation sites (tertiary alicyclic amines) is 1. The van der Waals surface area contributed by atoms with Crippen LogP contribution in [0, 0.1) is 0 Å². The summed E-state index contributed by atoms with van der Waals surface area (Å²) < 4.78 is 21.7. The maximum Gasteiger partial charge on any atom is 0.273 e. The zero-order valence-electron chi connectivity index (χ0n) is 14.4. The lowest BCUT2D eigenvalue weighted by molar-refractivity contribution is 0.0771. The van der Waals surface area contributed by atoms with Gasteiger partial charge in [-0.25, -0.2) is 4.98 Å². The number of thiazole rings is 1. The first-order valence-electron chi connectivity index (χ1n) is 7.81. The molecule has 0 bridgehead atoms. The quantitative estimate of drug-likeness (QED) is 0.784. The van der Waals surface area contributed by atoms with Crippen LogP contribution in [0.4, 0.5) is 0 Å². The predicted octanol–water partition coefficient (Wildman–Crippen LogP) is 2.46. The van der Waals surface area contributed by atoms with E-state index in [0.717, 1.165) is 6.42 Å². The molecule has 1 amide bonds. The normalized spacial score (nSPS) is 16.6. The second kappa shape index (κ2) is 7.60. The number of benzene rings is 1. The highest BCUT2D eigenvalue weighted by molar-refractivity contribution is 7.11. The first-order chi connectivity index (χ1) is 12.2. The van der Waals surface area contributed by atoms with E-state index < -0.39 is 0 Å². The van der Waals surface area contributed by atoms with E-state index in [0.29, 0.717) is 41.1 Å². The van der Waals surface area contributed by atoms with Crippen LogP contribution >= 0.6 is 11.3 Å². The van der Waals surface area contributed by atoms with Crippen LogP contribution in [0.15, 0.2) is 23.7 Å². The molecular weight excluding hydrogens is 344 g/mol. The first-order valence-corrected chi connectivity index (χ1v) is 8.69. The van der Waals surface area contributed by atoms with Crippen LogP contribution in [0.2, 0.25) is 0 Å². The van der Waals surface area contributed by atoms with Crippen molar-refractivity contribution in [3.63, 3.8) is 0 Å². The summed E-state index contributed by atoms with van der Waals surface area (Å²) in [6.45, 7) is 1.15. The van der Waals surface area contributed by atoms with Gasteiger partial charge in [0.05, 0.1) is 27.9 Å². The average Bonchev–Trinajstić information content (AvgIpc) is 3.32. The van der Waals surface area contributed by atoms with E-state index in [9.17, 15) is 4.79 Å². The Balaban J connectivity index is 1.75. The monoisotopic (exact) mass is 364 g/mol. The molecule has 134 valence electrons. The number of hydrogen-bond acceptors (Lipinski definition) is 7. The Morgan fingerprint density at radius 1 is 1.20 bits per heavy atom. The third-order valence-electron chi connectivity index (χ3n) is 4.02. The van der Waals surface area contributed by atoms with Gasteiger partial charge in [-0.05, 0) is 12.1 Å². The summed E-state index contributed by atoms with van der Waals surface area (Å²) in [5.74, 6) is 1.29. The number of carbonyl (C=O) groups is 1. The van der Waals surface area contributed by atoms with Crippen LogP contribution < -0.4 is 18.9 Å². The van der Waals surface area contributed by atoms with Crippen molar-refractivity contribution in [2.45, 2.75) is 12.5 Å². The molecule has 0 saturated carbocycles. The molecule has 0 N–H and O–H groups in total. The minimum absolute atomic E-state index is 0.0443. The van der Waals surface area contributed by atoms with Gasteiger partial charge in [-0.3, -0.25) is 4.79 Å². The third kappa shape index (κ3) is 3.63. The molecular formula is C17H20N2O5S. The minimum atomic E-state index is -0.0931. The predicted molar refractivity (Wildman–Crippen MR) is 93.1 cm³/mol. The van der Waals surface area contributed by atoms with Gasteiger partial charge in [0, 0.05) is 30.1 Å². The topological polar surface area (TPSA) is 70.1 Å². The second-order valence-electron chi connectivity index (χ2n) is 5.49. The molecule has 0 radical (unpaired) electrons. The lowest BCUT2D eigenvalue weighted by Crippen LogP contribution is -2.31. The molecule has 0 aliphatic carbocycles. The smallest absolute Gasteiger partial charge is 0.273 e. The Kier molecular flexibility index (Phi) is 5.28. The summed E-state index contributed by atoms with van der Waals surface area (Å²) in [4.78, 5) is 18.7. The first kappa shape index (κ1) is 17.3. The van der Waals surface area contributed by atoms with Gasteiger partial charge in [-0.15, -0.1) is 0 Å². The van der Waals surface area contributed by atoms with Crippen molar-refractivity contribution in [1.29, 1.82) is 0 Å². The Morgan fingerprint density at radius 3 is 2.48 bits per heavy atom. The molecule has 2 heterocycles. The SMILES string of the molecule is COc1cc(C(=O)N2CCC(Oc3nccs3)C2)cc(OC)c1OC. The number of nitrogens with zero attached hydrogens (tertiary/aromatic N) is 2. The molecule has 1 aromatic carbocycles. The van der Waals surface area contributed by atoms with Crippen molar-refractivity contribution in [2.24, 2.45) is 0 Å². The molecule has 8 heteroatoms. The Hall–Kier alpha value is -2.48. The molecule has 3 rings (SSSR count). The Morgan fingerprint density at radius 2 is 1.92 bits per heavy atom. The van der Waals surface area contributed by atoms with E-state index in [-0.39, 0.29) is 12.0 Å². The number of methoxy groups -OCH3 is 3. The molecule has 1 atom stereocenters. The van der Waals surface area contributed by atoms with Crippen molar-refractivity contribution in [3.8, 4) is 22.4 Å². The van der Waals surface area contributed by atoms with E-state index in [2.05, 4.69) is 4.98 Å². The van der Waals surface area contributed by atoms with Gasteiger partial charge >= 0.3 is 0 Å². The molecule has 1 aromatic heterocycles. The molecule has 1 fully saturated rings. The van der Waals surface area contributed by atoms with E-state index in [1.807, 2.05) is 5.38 Å². The van der Waals surface area contributed by atoms with E-state index in [1.54, 1.807) is 23.2 Å². The van der Waals surface area contributed by atoms with Crippen LogP contribution in [0.25, 0.3) is 0 Å². The highest BCUT2D eigenvalue weighted by Crippen LogP contribution is 2.38. The molecule has 1 unspecified atom stereocenters. The Labute approximate surface area is 150 Å². The number of ether oxygens (including phenoxy) is 4.